The summed E-state index contributed by atoms with van der Waals surface area (Å²) in [6.45, 7) is 20.5. The molecule has 0 fully saturated rings. The first kappa shape index (κ1) is 42.8. The van der Waals surface area contributed by atoms with E-state index < -0.39 is 5.41 Å². The summed E-state index contributed by atoms with van der Waals surface area (Å²) in [6, 6.07) is 61.3. The molecule has 0 unspecified atom stereocenters. The van der Waals surface area contributed by atoms with Gasteiger partial charge in [-0.25, -0.2) is 0 Å². The minimum absolute atomic E-state index is 0. The number of anilines is 3. The maximum Gasteiger partial charge on any atom is 2.00 e. The first-order valence-electron chi connectivity index (χ1n) is 21.3. The van der Waals surface area contributed by atoms with Gasteiger partial charge < -0.3 is 9.64 Å². The van der Waals surface area contributed by atoms with Crippen LogP contribution in [0.1, 0.15) is 101 Å². The minimum atomic E-state index is -0.879. The SMILES string of the molecule is CC(C)(C)c1ccc(N2c3ccc(C(C)(C)C)cc3C(c3[c-]c(Oc4[c-]c(-c5ccc6ccccc6n5)ccc4)ccc3)(c3ccccn3)c3cc(C(C)(C)C)ccc32)cc1.[Pt+2]. The summed E-state index contributed by atoms with van der Waals surface area (Å²) in [6.07, 6.45) is 1.91. The van der Waals surface area contributed by atoms with E-state index in [2.05, 4.69) is 176 Å². The molecule has 312 valence electrons. The third-order valence-electron chi connectivity index (χ3n) is 12.1. The van der Waals surface area contributed by atoms with Crippen LogP contribution in [-0.2, 0) is 42.7 Å². The van der Waals surface area contributed by atoms with Crippen LogP contribution < -0.4 is 9.64 Å². The van der Waals surface area contributed by atoms with Crippen LogP contribution in [0.2, 0.25) is 0 Å². The maximum atomic E-state index is 6.73. The van der Waals surface area contributed by atoms with Gasteiger partial charge in [0.25, 0.3) is 0 Å². The number of aromatic nitrogens is 2. The Morgan fingerprint density at radius 3 is 1.73 bits per heavy atom. The maximum absolute atomic E-state index is 6.73. The van der Waals surface area contributed by atoms with Crippen molar-refractivity contribution >= 4 is 28.0 Å². The Balaban J connectivity index is 0.00000529. The number of hydrogen-bond donors (Lipinski definition) is 0. The Labute approximate surface area is 382 Å². The predicted octanol–water partition coefficient (Wildman–Crippen LogP) is 14.7. The van der Waals surface area contributed by atoms with Gasteiger partial charge in [-0.05, 0) is 97.6 Å². The zero-order valence-corrected chi connectivity index (χ0v) is 39.3. The monoisotopic (exact) mass is 990 g/mol. The molecule has 0 amide bonds. The van der Waals surface area contributed by atoms with Crippen LogP contribution in [0.4, 0.5) is 17.1 Å². The van der Waals surface area contributed by atoms with E-state index in [4.69, 9.17) is 14.7 Å². The molecule has 0 saturated carbocycles. The van der Waals surface area contributed by atoms with E-state index in [0.29, 0.717) is 11.5 Å². The van der Waals surface area contributed by atoms with E-state index >= 15 is 0 Å². The standard InChI is InChI=1S/C57H53N3O.Pt/c1-54(2,3)40-24-28-44(29-25-40)60-51-31-26-41(55(4,5)6)36-47(51)57(53-22-12-13-33-58-53,48-37-42(56(7,8)9)27-32-52(48)60)43-18-15-20-46(35-43)61-45-19-14-17-39(34-45)50-30-23-38-16-10-11-21-49(38)59-50;/h10-33,36-37H,1-9H3;/q-2;+2. The number of nitrogens with zero attached hydrogens (tertiary/aromatic N) is 3. The van der Waals surface area contributed by atoms with Crippen molar-refractivity contribution in [1.29, 1.82) is 0 Å². The third-order valence-corrected chi connectivity index (χ3v) is 12.1. The van der Waals surface area contributed by atoms with Gasteiger partial charge in [0.15, 0.2) is 0 Å². The average Bonchev–Trinajstić information content (AvgIpc) is 3.24. The quantitative estimate of drug-likeness (QED) is 0.156. The van der Waals surface area contributed by atoms with E-state index in [-0.39, 0.29) is 37.3 Å². The van der Waals surface area contributed by atoms with Crippen LogP contribution in [0, 0.1) is 12.1 Å². The normalized spacial score (nSPS) is 13.5. The molecule has 0 radical (unpaired) electrons. The van der Waals surface area contributed by atoms with Gasteiger partial charge in [-0.2, -0.15) is 12.1 Å². The molecule has 6 aromatic carbocycles. The molecule has 2 aromatic heterocycles. The van der Waals surface area contributed by atoms with Crippen LogP contribution in [0.15, 0.2) is 158 Å². The molecule has 0 bridgehead atoms. The van der Waals surface area contributed by atoms with Crippen molar-refractivity contribution in [3.8, 4) is 22.8 Å². The first-order chi connectivity index (χ1) is 29.1. The van der Waals surface area contributed by atoms with Crippen LogP contribution >= 0.6 is 0 Å². The summed E-state index contributed by atoms with van der Waals surface area (Å²) >= 11 is 0. The predicted molar refractivity (Wildman–Crippen MR) is 252 cm³/mol. The number of hydrogen-bond acceptors (Lipinski definition) is 4. The van der Waals surface area contributed by atoms with Crippen molar-refractivity contribution in [3.05, 3.63) is 209 Å². The van der Waals surface area contributed by atoms with Gasteiger partial charge in [0, 0.05) is 23.4 Å². The zero-order valence-electron chi connectivity index (χ0n) is 37.1. The zero-order chi connectivity index (χ0) is 42.7. The Kier molecular flexibility index (Phi) is 11.1. The summed E-state index contributed by atoms with van der Waals surface area (Å²) < 4.78 is 6.73. The average molecular weight is 991 g/mol. The molecule has 8 aromatic rings. The van der Waals surface area contributed by atoms with E-state index in [1.165, 1.54) is 16.7 Å². The number of rotatable bonds is 6. The Morgan fingerprint density at radius 1 is 0.532 bits per heavy atom. The molecule has 0 N–H and O–H groups in total. The van der Waals surface area contributed by atoms with Gasteiger partial charge in [0.05, 0.1) is 28.0 Å². The third kappa shape index (κ3) is 7.79. The second kappa shape index (κ2) is 16.1. The largest absolute Gasteiger partial charge is 2.00 e. The summed E-state index contributed by atoms with van der Waals surface area (Å²) in [7, 11) is 0. The molecule has 9 rings (SSSR count). The Morgan fingerprint density at radius 2 is 1.11 bits per heavy atom. The number of ether oxygens (including phenoxy) is 1. The second-order valence-electron chi connectivity index (χ2n) is 19.4. The van der Waals surface area contributed by atoms with E-state index in [0.717, 1.165) is 61.6 Å². The molecule has 0 spiro atoms. The van der Waals surface area contributed by atoms with Gasteiger partial charge in [0.1, 0.15) is 0 Å². The first-order valence-corrected chi connectivity index (χ1v) is 21.3. The molecule has 1 aliphatic rings. The van der Waals surface area contributed by atoms with E-state index in [1.54, 1.807) is 0 Å². The van der Waals surface area contributed by atoms with E-state index in [9.17, 15) is 0 Å². The molecule has 5 heteroatoms. The summed E-state index contributed by atoms with van der Waals surface area (Å²) in [5, 5.41) is 1.10. The molecule has 3 heterocycles. The minimum Gasteiger partial charge on any atom is -0.503 e. The second-order valence-corrected chi connectivity index (χ2v) is 19.4. The fourth-order valence-corrected chi connectivity index (χ4v) is 8.67. The van der Waals surface area contributed by atoms with Gasteiger partial charge in [-0.15, -0.1) is 41.5 Å². The summed E-state index contributed by atoms with van der Waals surface area (Å²) in [5.41, 5.74) is 12.8. The van der Waals surface area contributed by atoms with Gasteiger partial charge >= 0.3 is 21.1 Å². The molecular weight excluding hydrogens is 938 g/mol. The van der Waals surface area contributed by atoms with Crippen LogP contribution in [-0.4, -0.2) is 9.97 Å². The smallest absolute Gasteiger partial charge is 0.503 e. The summed E-state index contributed by atoms with van der Waals surface area (Å²) in [4.78, 5) is 12.6. The molecular formula is C57H53N3OPt. The number of para-hydroxylation sites is 1. The van der Waals surface area contributed by atoms with Crippen LogP contribution in [0.5, 0.6) is 11.5 Å². The van der Waals surface area contributed by atoms with Crippen molar-refractivity contribution in [1.82, 2.24) is 9.97 Å². The van der Waals surface area contributed by atoms with Crippen molar-refractivity contribution in [2.75, 3.05) is 4.90 Å². The van der Waals surface area contributed by atoms with Crippen molar-refractivity contribution in [3.63, 3.8) is 0 Å². The number of fused-ring (bicyclic) bond motifs is 3. The van der Waals surface area contributed by atoms with Crippen molar-refractivity contribution in [2.45, 2.75) is 84.0 Å². The Hall–Kier alpha value is -5.83. The van der Waals surface area contributed by atoms with Gasteiger partial charge in [-0.3, -0.25) is 9.97 Å². The molecule has 0 saturated heterocycles. The van der Waals surface area contributed by atoms with Crippen molar-refractivity contribution < 1.29 is 25.8 Å². The fourth-order valence-electron chi connectivity index (χ4n) is 8.67. The molecule has 0 atom stereocenters. The number of pyridine rings is 2. The summed E-state index contributed by atoms with van der Waals surface area (Å²) in [5.74, 6) is 1.18. The molecule has 1 aliphatic heterocycles. The fraction of sp³-hybridized carbons (Fsp3) is 0.228. The van der Waals surface area contributed by atoms with Crippen LogP contribution in [0.3, 0.4) is 0 Å². The molecule has 0 aliphatic carbocycles. The molecule has 62 heavy (non-hydrogen) atoms. The van der Waals surface area contributed by atoms with Crippen LogP contribution in [0.25, 0.3) is 22.2 Å². The Bertz CT molecular complexity index is 2830. The van der Waals surface area contributed by atoms with Crippen molar-refractivity contribution in [2.24, 2.45) is 0 Å². The van der Waals surface area contributed by atoms with E-state index in [1.807, 2.05) is 60.8 Å². The molecule has 4 nitrogen and oxygen atoms in total. The van der Waals surface area contributed by atoms with Gasteiger partial charge in [0.2, 0.25) is 0 Å². The topological polar surface area (TPSA) is 38.2 Å². The number of benzene rings is 6. The van der Waals surface area contributed by atoms with Gasteiger partial charge in [-0.1, -0.05) is 141 Å².